The van der Waals surface area contributed by atoms with Crippen LogP contribution in [0.25, 0.3) is 0 Å². The zero-order valence-corrected chi connectivity index (χ0v) is 13.9. The van der Waals surface area contributed by atoms with Crippen LogP contribution in [0.3, 0.4) is 0 Å². The van der Waals surface area contributed by atoms with E-state index in [9.17, 15) is 4.79 Å². The van der Waals surface area contributed by atoms with Crippen molar-refractivity contribution in [3.8, 4) is 5.75 Å². The van der Waals surface area contributed by atoms with Gasteiger partial charge in [-0.05, 0) is 48.7 Å². The molecule has 0 saturated heterocycles. The van der Waals surface area contributed by atoms with E-state index in [0.717, 1.165) is 21.5 Å². The summed E-state index contributed by atoms with van der Waals surface area (Å²) in [6.07, 6.45) is 2.04. The summed E-state index contributed by atoms with van der Waals surface area (Å²) in [5.74, 6) is 0.744. The minimum Gasteiger partial charge on any atom is -0.483 e. The molecule has 21 heavy (non-hydrogen) atoms. The molecule has 0 bridgehead atoms. The standard InChI is InChI=1S/C16H14BrNO2S/c1-21-14-5-3-13(4-6-14)18-9-11-8-12(17)2-7-15(11)20-10-16(18)19/h2-8H,9-10H2,1H3. The molecular weight excluding hydrogens is 350 g/mol. The highest BCUT2D eigenvalue weighted by molar-refractivity contribution is 9.10. The Kier molecular flexibility index (Phi) is 4.22. The van der Waals surface area contributed by atoms with Gasteiger partial charge in [-0.1, -0.05) is 15.9 Å². The minimum absolute atomic E-state index is 0.0285. The first-order valence-corrected chi connectivity index (χ1v) is 8.55. The smallest absolute Gasteiger partial charge is 0.265 e. The molecule has 5 heteroatoms. The summed E-state index contributed by atoms with van der Waals surface area (Å²) in [6.45, 7) is 0.588. The van der Waals surface area contributed by atoms with Gasteiger partial charge in [-0.15, -0.1) is 11.8 Å². The molecule has 0 radical (unpaired) electrons. The third kappa shape index (κ3) is 3.09. The maximum absolute atomic E-state index is 12.3. The van der Waals surface area contributed by atoms with Crippen molar-refractivity contribution in [2.24, 2.45) is 0 Å². The fourth-order valence-corrected chi connectivity index (χ4v) is 3.10. The van der Waals surface area contributed by atoms with Gasteiger partial charge in [-0.2, -0.15) is 0 Å². The molecule has 1 heterocycles. The molecule has 0 unspecified atom stereocenters. The molecule has 3 nitrogen and oxygen atoms in total. The van der Waals surface area contributed by atoms with E-state index in [2.05, 4.69) is 15.9 Å². The van der Waals surface area contributed by atoms with Crippen molar-refractivity contribution in [3.05, 3.63) is 52.5 Å². The summed E-state index contributed by atoms with van der Waals surface area (Å²) < 4.78 is 6.58. The van der Waals surface area contributed by atoms with Crippen LogP contribution in [0.5, 0.6) is 5.75 Å². The van der Waals surface area contributed by atoms with Gasteiger partial charge in [-0.3, -0.25) is 4.79 Å². The van der Waals surface area contributed by atoms with Crippen molar-refractivity contribution in [2.75, 3.05) is 17.8 Å². The Hall–Kier alpha value is -1.46. The molecule has 0 aromatic heterocycles. The lowest BCUT2D eigenvalue weighted by atomic mass is 10.2. The minimum atomic E-state index is -0.0285. The highest BCUT2D eigenvalue weighted by Crippen LogP contribution is 2.30. The number of carbonyl (C=O) groups is 1. The maximum Gasteiger partial charge on any atom is 0.265 e. The lowest BCUT2D eigenvalue weighted by Crippen LogP contribution is -2.32. The zero-order chi connectivity index (χ0) is 14.8. The molecule has 2 aromatic rings. The van der Waals surface area contributed by atoms with Gasteiger partial charge in [0.1, 0.15) is 5.75 Å². The lowest BCUT2D eigenvalue weighted by Gasteiger charge is -2.20. The SMILES string of the molecule is CSc1ccc(N2Cc3cc(Br)ccc3OCC2=O)cc1. The molecule has 0 N–H and O–H groups in total. The van der Waals surface area contributed by atoms with E-state index in [0.29, 0.717) is 6.54 Å². The van der Waals surface area contributed by atoms with Gasteiger partial charge in [0.25, 0.3) is 5.91 Å². The topological polar surface area (TPSA) is 29.5 Å². The maximum atomic E-state index is 12.3. The molecule has 0 fully saturated rings. The average Bonchev–Trinajstić information content (AvgIpc) is 2.67. The number of thioether (sulfide) groups is 1. The monoisotopic (exact) mass is 363 g/mol. The Bertz CT molecular complexity index is 672. The van der Waals surface area contributed by atoms with Gasteiger partial charge >= 0.3 is 0 Å². The quantitative estimate of drug-likeness (QED) is 0.752. The summed E-state index contributed by atoms with van der Waals surface area (Å²) in [7, 11) is 0. The van der Waals surface area contributed by atoms with Gasteiger partial charge in [-0.25, -0.2) is 0 Å². The number of amides is 1. The second-order valence-electron chi connectivity index (χ2n) is 4.72. The number of hydrogen-bond donors (Lipinski definition) is 0. The highest BCUT2D eigenvalue weighted by Gasteiger charge is 2.22. The number of carbonyl (C=O) groups excluding carboxylic acids is 1. The number of halogens is 1. The van der Waals surface area contributed by atoms with Gasteiger partial charge in [0.15, 0.2) is 6.61 Å². The molecule has 2 aromatic carbocycles. The normalized spacial score (nSPS) is 14.4. The number of fused-ring (bicyclic) bond motifs is 1. The Labute approximate surface area is 136 Å². The molecule has 1 aliphatic heterocycles. The predicted molar refractivity (Wildman–Crippen MR) is 89.1 cm³/mol. The lowest BCUT2D eigenvalue weighted by molar-refractivity contribution is -0.120. The van der Waals surface area contributed by atoms with Crippen molar-refractivity contribution in [1.29, 1.82) is 0 Å². The van der Waals surface area contributed by atoms with E-state index in [-0.39, 0.29) is 12.5 Å². The Morgan fingerprint density at radius 1 is 1.19 bits per heavy atom. The van der Waals surface area contributed by atoms with Crippen molar-refractivity contribution >= 4 is 39.3 Å². The Balaban J connectivity index is 1.95. The molecule has 108 valence electrons. The van der Waals surface area contributed by atoms with Gasteiger partial charge in [0, 0.05) is 20.6 Å². The van der Waals surface area contributed by atoms with Crippen molar-refractivity contribution in [3.63, 3.8) is 0 Å². The number of anilines is 1. The van der Waals surface area contributed by atoms with Crippen LogP contribution in [-0.4, -0.2) is 18.8 Å². The molecule has 1 amide bonds. The van der Waals surface area contributed by atoms with E-state index in [4.69, 9.17) is 4.74 Å². The van der Waals surface area contributed by atoms with Crippen LogP contribution in [0.1, 0.15) is 5.56 Å². The fraction of sp³-hybridized carbons (Fsp3) is 0.188. The second-order valence-corrected chi connectivity index (χ2v) is 6.51. The molecule has 0 saturated carbocycles. The first-order valence-electron chi connectivity index (χ1n) is 6.53. The summed E-state index contributed by atoms with van der Waals surface area (Å²) >= 11 is 5.15. The van der Waals surface area contributed by atoms with Crippen molar-refractivity contribution in [1.82, 2.24) is 0 Å². The molecule has 0 atom stereocenters. The van der Waals surface area contributed by atoms with E-state index < -0.39 is 0 Å². The third-order valence-electron chi connectivity index (χ3n) is 3.39. The zero-order valence-electron chi connectivity index (χ0n) is 11.5. The first kappa shape index (κ1) is 14.5. The molecular formula is C16H14BrNO2S. The van der Waals surface area contributed by atoms with E-state index >= 15 is 0 Å². The number of rotatable bonds is 2. The highest BCUT2D eigenvalue weighted by atomic mass is 79.9. The molecule has 1 aliphatic rings. The van der Waals surface area contributed by atoms with Crippen LogP contribution in [0.2, 0.25) is 0 Å². The van der Waals surface area contributed by atoms with E-state index in [1.165, 1.54) is 4.90 Å². The fourth-order valence-electron chi connectivity index (χ4n) is 2.29. The van der Waals surface area contributed by atoms with Crippen molar-refractivity contribution < 1.29 is 9.53 Å². The van der Waals surface area contributed by atoms with E-state index in [1.807, 2.05) is 48.7 Å². The Morgan fingerprint density at radius 3 is 2.67 bits per heavy atom. The Morgan fingerprint density at radius 2 is 1.95 bits per heavy atom. The van der Waals surface area contributed by atoms with Gasteiger partial charge < -0.3 is 9.64 Å². The van der Waals surface area contributed by atoms with Crippen LogP contribution < -0.4 is 9.64 Å². The van der Waals surface area contributed by atoms with Crippen LogP contribution in [0, 0.1) is 0 Å². The van der Waals surface area contributed by atoms with Crippen LogP contribution in [0.15, 0.2) is 51.8 Å². The van der Waals surface area contributed by atoms with Gasteiger partial charge in [0.05, 0.1) is 6.54 Å². The number of benzene rings is 2. The van der Waals surface area contributed by atoms with Crippen LogP contribution in [0.4, 0.5) is 5.69 Å². The van der Waals surface area contributed by atoms with Crippen LogP contribution >= 0.6 is 27.7 Å². The number of hydrogen-bond acceptors (Lipinski definition) is 3. The first-order chi connectivity index (χ1) is 10.2. The molecule has 0 aliphatic carbocycles. The van der Waals surface area contributed by atoms with Crippen molar-refractivity contribution in [2.45, 2.75) is 11.4 Å². The third-order valence-corrected chi connectivity index (χ3v) is 4.62. The van der Waals surface area contributed by atoms with Gasteiger partial charge in [0.2, 0.25) is 0 Å². The van der Waals surface area contributed by atoms with Crippen LogP contribution in [-0.2, 0) is 11.3 Å². The molecule has 3 rings (SSSR count). The number of nitrogens with zero attached hydrogens (tertiary/aromatic N) is 1. The summed E-state index contributed by atoms with van der Waals surface area (Å²) in [4.78, 5) is 15.3. The van der Waals surface area contributed by atoms with E-state index in [1.54, 1.807) is 16.7 Å². The summed E-state index contributed by atoms with van der Waals surface area (Å²) in [5, 5.41) is 0. The summed E-state index contributed by atoms with van der Waals surface area (Å²) in [6, 6.07) is 13.8. The predicted octanol–water partition coefficient (Wildman–Crippen LogP) is 4.10. The molecule has 0 spiro atoms. The second kappa shape index (κ2) is 6.12. The largest absolute Gasteiger partial charge is 0.483 e. The average molecular weight is 364 g/mol. The number of ether oxygens (including phenoxy) is 1. The summed E-state index contributed by atoms with van der Waals surface area (Å²) in [5.41, 5.74) is 1.90.